The van der Waals surface area contributed by atoms with Crippen molar-refractivity contribution < 1.29 is 14.7 Å². The third-order valence-corrected chi connectivity index (χ3v) is 3.08. The normalized spacial score (nSPS) is 13.2. The van der Waals surface area contributed by atoms with Crippen LogP contribution in [0.4, 0.5) is 4.79 Å². The van der Waals surface area contributed by atoms with Crippen molar-refractivity contribution in [2.75, 3.05) is 33.7 Å². The maximum Gasteiger partial charge on any atom is 0.323 e. The average molecular weight is 287 g/mol. The van der Waals surface area contributed by atoms with Gasteiger partial charge in [-0.05, 0) is 48.7 Å². The first-order valence-corrected chi connectivity index (χ1v) is 6.95. The van der Waals surface area contributed by atoms with Crippen molar-refractivity contribution in [2.24, 2.45) is 0 Å². The number of amides is 2. The van der Waals surface area contributed by atoms with Crippen molar-refractivity contribution in [1.29, 1.82) is 0 Å². The van der Waals surface area contributed by atoms with E-state index >= 15 is 0 Å². The topological polar surface area (TPSA) is 64.1 Å². The molecule has 0 spiro atoms. The largest absolute Gasteiger partial charge is 0.480 e. The average Bonchev–Trinajstić information content (AvgIpc) is 2.23. The maximum absolute atomic E-state index is 12.6. The molecule has 0 aromatic carbocycles. The first-order chi connectivity index (χ1) is 9.00. The monoisotopic (exact) mass is 287 g/mol. The van der Waals surface area contributed by atoms with Crippen molar-refractivity contribution in [3.63, 3.8) is 0 Å². The lowest BCUT2D eigenvalue weighted by Crippen LogP contribution is -2.56. The number of hydrogen-bond donors (Lipinski definition) is 1. The molecule has 0 saturated carbocycles. The third kappa shape index (κ3) is 5.77. The Morgan fingerprint density at radius 3 is 2.00 bits per heavy atom. The van der Waals surface area contributed by atoms with E-state index in [-0.39, 0.29) is 18.6 Å². The molecule has 0 fully saturated rings. The van der Waals surface area contributed by atoms with E-state index in [1.165, 1.54) is 4.90 Å². The van der Waals surface area contributed by atoms with Gasteiger partial charge in [-0.25, -0.2) is 4.79 Å². The van der Waals surface area contributed by atoms with E-state index < -0.39 is 11.5 Å². The van der Waals surface area contributed by atoms with E-state index in [4.69, 9.17) is 5.11 Å². The fourth-order valence-corrected chi connectivity index (χ4v) is 2.14. The SMILES string of the molecule is CCN(C(=O)N(CC(=O)O)C(C)(C)C)C(C)CN(C)C. The predicted molar refractivity (Wildman–Crippen MR) is 79.9 cm³/mol. The van der Waals surface area contributed by atoms with Crippen LogP contribution in [0.15, 0.2) is 0 Å². The van der Waals surface area contributed by atoms with E-state index in [1.807, 2.05) is 53.6 Å². The zero-order chi connectivity index (χ0) is 16.1. The van der Waals surface area contributed by atoms with Gasteiger partial charge in [-0.3, -0.25) is 4.79 Å². The van der Waals surface area contributed by atoms with E-state index in [1.54, 1.807) is 4.90 Å². The highest BCUT2D eigenvalue weighted by Gasteiger charge is 2.33. The van der Waals surface area contributed by atoms with Crippen LogP contribution >= 0.6 is 0 Å². The Labute approximate surface area is 122 Å². The van der Waals surface area contributed by atoms with Gasteiger partial charge in [0, 0.05) is 24.7 Å². The summed E-state index contributed by atoms with van der Waals surface area (Å²) in [5.74, 6) is -0.996. The van der Waals surface area contributed by atoms with Gasteiger partial charge in [-0.1, -0.05) is 0 Å². The molecule has 0 saturated heterocycles. The second-order valence-electron chi connectivity index (χ2n) is 6.33. The molecule has 6 heteroatoms. The van der Waals surface area contributed by atoms with Gasteiger partial charge in [0.15, 0.2) is 0 Å². The molecule has 0 aromatic heterocycles. The fraction of sp³-hybridized carbons (Fsp3) is 0.857. The molecule has 0 aliphatic heterocycles. The Hall–Kier alpha value is -1.30. The lowest BCUT2D eigenvalue weighted by atomic mass is 10.1. The number of aliphatic carboxylic acids is 1. The molecule has 118 valence electrons. The minimum atomic E-state index is -0.996. The number of carbonyl (C=O) groups is 2. The summed E-state index contributed by atoms with van der Waals surface area (Å²) in [5, 5.41) is 9.01. The second-order valence-corrected chi connectivity index (χ2v) is 6.33. The molecule has 0 aliphatic rings. The Morgan fingerprint density at radius 1 is 1.20 bits per heavy atom. The van der Waals surface area contributed by atoms with Gasteiger partial charge in [-0.15, -0.1) is 0 Å². The van der Waals surface area contributed by atoms with Gasteiger partial charge in [0.05, 0.1) is 0 Å². The number of hydrogen-bond acceptors (Lipinski definition) is 3. The Bertz CT molecular complexity index is 337. The molecule has 1 atom stereocenters. The van der Waals surface area contributed by atoms with Crippen LogP contribution in [0.25, 0.3) is 0 Å². The van der Waals surface area contributed by atoms with Crippen LogP contribution in [0, 0.1) is 0 Å². The van der Waals surface area contributed by atoms with E-state index in [2.05, 4.69) is 0 Å². The Kier molecular flexibility index (Phi) is 6.99. The molecule has 1 unspecified atom stereocenters. The fourth-order valence-electron chi connectivity index (χ4n) is 2.14. The highest BCUT2D eigenvalue weighted by atomic mass is 16.4. The smallest absolute Gasteiger partial charge is 0.323 e. The number of nitrogens with zero attached hydrogens (tertiary/aromatic N) is 3. The summed E-state index contributed by atoms with van der Waals surface area (Å²) < 4.78 is 0. The predicted octanol–water partition coefficient (Wildman–Crippen LogP) is 1.56. The molecule has 0 bridgehead atoms. The molecule has 6 nitrogen and oxygen atoms in total. The lowest BCUT2D eigenvalue weighted by Gasteiger charge is -2.40. The number of rotatable bonds is 6. The molecule has 0 radical (unpaired) electrons. The molecule has 0 aromatic rings. The van der Waals surface area contributed by atoms with E-state index in [0.717, 1.165) is 6.54 Å². The van der Waals surface area contributed by atoms with Crippen LogP contribution < -0.4 is 0 Å². The summed E-state index contributed by atoms with van der Waals surface area (Å²) in [4.78, 5) is 28.8. The van der Waals surface area contributed by atoms with Crippen molar-refractivity contribution in [2.45, 2.75) is 46.2 Å². The number of carbonyl (C=O) groups excluding carboxylic acids is 1. The van der Waals surface area contributed by atoms with Crippen LogP contribution in [0.3, 0.4) is 0 Å². The van der Waals surface area contributed by atoms with E-state index in [9.17, 15) is 9.59 Å². The molecule has 0 heterocycles. The van der Waals surface area contributed by atoms with Crippen molar-refractivity contribution in [3.8, 4) is 0 Å². The molecular formula is C14H29N3O3. The summed E-state index contributed by atoms with van der Waals surface area (Å²) in [5.41, 5.74) is -0.527. The minimum absolute atomic E-state index is 0.0288. The van der Waals surface area contributed by atoms with Gasteiger partial charge in [0.2, 0.25) is 0 Å². The molecule has 2 amide bonds. The van der Waals surface area contributed by atoms with Gasteiger partial charge < -0.3 is 19.8 Å². The van der Waals surface area contributed by atoms with Gasteiger partial charge in [0.25, 0.3) is 0 Å². The summed E-state index contributed by atoms with van der Waals surface area (Å²) in [6, 6.07) is -0.196. The first-order valence-electron chi connectivity index (χ1n) is 6.95. The maximum atomic E-state index is 12.6. The third-order valence-electron chi connectivity index (χ3n) is 3.08. The molecule has 0 aliphatic carbocycles. The summed E-state index contributed by atoms with van der Waals surface area (Å²) in [7, 11) is 3.90. The van der Waals surface area contributed by atoms with Crippen molar-refractivity contribution >= 4 is 12.0 Å². The molecule has 0 rings (SSSR count). The van der Waals surface area contributed by atoms with Gasteiger partial charge in [-0.2, -0.15) is 0 Å². The van der Waals surface area contributed by atoms with Crippen LogP contribution in [0.2, 0.25) is 0 Å². The summed E-state index contributed by atoms with van der Waals surface area (Å²) in [6.07, 6.45) is 0. The second kappa shape index (κ2) is 7.47. The Morgan fingerprint density at radius 2 is 1.70 bits per heavy atom. The quantitative estimate of drug-likeness (QED) is 0.805. The summed E-state index contributed by atoms with van der Waals surface area (Å²) in [6.45, 7) is 10.4. The standard InChI is InChI=1S/C14H29N3O3/c1-8-16(11(2)9-15(6)7)13(20)17(10-12(18)19)14(3,4)5/h11H,8-10H2,1-7H3,(H,18,19). The van der Waals surface area contributed by atoms with Gasteiger partial charge >= 0.3 is 12.0 Å². The first kappa shape index (κ1) is 18.7. The minimum Gasteiger partial charge on any atom is -0.480 e. The van der Waals surface area contributed by atoms with Crippen LogP contribution in [0.1, 0.15) is 34.6 Å². The van der Waals surface area contributed by atoms with Crippen molar-refractivity contribution in [3.05, 3.63) is 0 Å². The molecule has 1 N–H and O–H groups in total. The zero-order valence-corrected chi connectivity index (χ0v) is 13.8. The zero-order valence-electron chi connectivity index (χ0n) is 13.8. The number of carboxylic acid groups (broad SMARTS) is 1. The van der Waals surface area contributed by atoms with Gasteiger partial charge in [0.1, 0.15) is 6.54 Å². The summed E-state index contributed by atoms with van der Waals surface area (Å²) >= 11 is 0. The Balaban J connectivity index is 5.14. The molecule has 20 heavy (non-hydrogen) atoms. The highest BCUT2D eigenvalue weighted by molar-refractivity contribution is 5.81. The van der Waals surface area contributed by atoms with Crippen LogP contribution in [0.5, 0.6) is 0 Å². The number of urea groups is 1. The number of likely N-dealkylation sites (N-methyl/N-ethyl adjacent to an activating group) is 2. The highest BCUT2D eigenvalue weighted by Crippen LogP contribution is 2.17. The van der Waals surface area contributed by atoms with Crippen LogP contribution in [-0.4, -0.2) is 77.1 Å². The van der Waals surface area contributed by atoms with Crippen molar-refractivity contribution in [1.82, 2.24) is 14.7 Å². The van der Waals surface area contributed by atoms with Crippen LogP contribution in [-0.2, 0) is 4.79 Å². The van der Waals surface area contributed by atoms with E-state index in [0.29, 0.717) is 6.54 Å². The lowest BCUT2D eigenvalue weighted by molar-refractivity contribution is -0.138. The molecular weight excluding hydrogens is 258 g/mol. The number of carboxylic acids is 1.